The van der Waals surface area contributed by atoms with Crippen molar-refractivity contribution < 1.29 is 14.3 Å². The van der Waals surface area contributed by atoms with Crippen LogP contribution in [0.5, 0.6) is 11.5 Å². The summed E-state index contributed by atoms with van der Waals surface area (Å²) in [6.45, 7) is 2.49. The maximum Gasteiger partial charge on any atom is 0.187 e. The first-order valence-corrected chi connectivity index (χ1v) is 6.68. The first kappa shape index (κ1) is 14.8. The third-order valence-electron chi connectivity index (χ3n) is 2.86. The highest BCUT2D eigenvalue weighted by molar-refractivity contribution is 6.06. The van der Waals surface area contributed by atoms with E-state index in [0.29, 0.717) is 23.7 Å². The smallest absolute Gasteiger partial charge is 0.187 e. The third kappa shape index (κ3) is 3.92. The molecule has 0 aliphatic heterocycles. The SMILES string of the molecule is CCOc1ccc(/C=C/C(=O)c2cccnc2)cc1OC. The first-order valence-electron chi connectivity index (χ1n) is 6.68. The molecule has 0 fully saturated rings. The van der Waals surface area contributed by atoms with Gasteiger partial charge in [0.2, 0.25) is 0 Å². The summed E-state index contributed by atoms with van der Waals surface area (Å²) in [5.74, 6) is 1.25. The average Bonchev–Trinajstić information content (AvgIpc) is 2.54. The van der Waals surface area contributed by atoms with Gasteiger partial charge in [-0.2, -0.15) is 0 Å². The topological polar surface area (TPSA) is 48.4 Å². The van der Waals surface area contributed by atoms with E-state index < -0.39 is 0 Å². The van der Waals surface area contributed by atoms with Gasteiger partial charge in [0.1, 0.15) is 0 Å². The molecule has 2 aromatic rings. The van der Waals surface area contributed by atoms with Crippen LogP contribution in [-0.4, -0.2) is 24.5 Å². The predicted octanol–water partition coefficient (Wildman–Crippen LogP) is 3.39. The van der Waals surface area contributed by atoms with Gasteiger partial charge >= 0.3 is 0 Å². The van der Waals surface area contributed by atoms with Crippen molar-refractivity contribution in [1.82, 2.24) is 4.98 Å². The minimum Gasteiger partial charge on any atom is -0.493 e. The van der Waals surface area contributed by atoms with Gasteiger partial charge in [-0.1, -0.05) is 12.1 Å². The summed E-state index contributed by atoms with van der Waals surface area (Å²) >= 11 is 0. The number of hydrogen-bond donors (Lipinski definition) is 0. The van der Waals surface area contributed by atoms with Crippen LogP contribution in [0.15, 0.2) is 48.8 Å². The number of ether oxygens (including phenoxy) is 2. The number of pyridine rings is 1. The monoisotopic (exact) mass is 283 g/mol. The van der Waals surface area contributed by atoms with E-state index in [0.717, 1.165) is 5.56 Å². The van der Waals surface area contributed by atoms with Crippen molar-refractivity contribution in [2.75, 3.05) is 13.7 Å². The highest BCUT2D eigenvalue weighted by atomic mass is 16.5. The Hall–Kier alpha value is -2.62. The fraction of sp³-hybridized carbons (Fsp3) is 0.176. The van der Waals surface area contributed by atoms with Crippen LogP contribution in [0.25, 0.3) is 6.08 Å². The van der Waals surface area contributed by atoms with Crippen molar-refractivity contribution in [2.45, 2.75) is 6.92 Å². The Morgan fingerprint density at radius 3 is 2.81 bits per heavy atom. The van der Waals surface area contributed by atoms with Gasteiger partial charge in [0.15, 0.2) is 17.3 Å². The molecule has 0 N–H and O–H groups in total. The van der Waals surface area contributed by atoms with Gasteiger partial charge in [-0.3, -0.25) is 9.78 Å². The van der Waals surface area contributed by atoms with Gasteiger partial charge < -0.3 is 9.47 Å². The van der Waals surface area contributed by atoms with E-state index in [4.69, 9.17) is 9.47 Å². The number of methoxy groups -OCH3 is 1. The van der Waals surface area contributed by atoms with Gasteiger partial charge in [0, 0.05) is 18.0 Å². The van der Waals surface area contributed by atoms with Gasteiger partial charge in [-0.25, -0.2) is 0 Å². The number of aromatic nitrogens is 1. The standard InChI is InChI=1S/C17H17NO3/c1-3-21-16-9-7-13(11-17(16)20-2)6-8-15(19)14-5-4-10-18-12-14/h4-12H,3H2,1-2H3/b8-6+. The van der Waals surface area contributed by atoms with Gasteiger partial charge in [-0.05, 0) is 42.8 Å². The van der Waals surface area contributed by atoms with Gasteiger partial charge in [-0.15, -0.1) is 0 Å². The maximum absolute atomic E-state index is 12.0. The fourth-order valence-corrected chi connectivity index (χ4v) is 1.84. The van der Waals surface area contributed by atoms with E-state index in [2.05, 4.69) is 4.98 Å². The normalized spacial score (nSPS) is 10.6. The Balaban J connectivity index is 2.16. The van der Waals surface area contributed by atoms with Crippen LogP contribution in [0.2, 0.25) is 0 Å². The summed E-state index contributed by atoms with van der Waals surface area (Å²) in [6.07, 6.45) is 6.45. The van der Waals surface area contributed by atoms with Crippen molar-refractivity contribution in [2.24, 2.45) is 0 Å². The van der Waals surface area contributed by atoms with Gasteiger partial charge in [0.25, 0.3) is 0 Å². The van der Waals surface area contributed by atoms with Crippen molar-refractivity contribution in [3.05, 3.63) is 59.9 Å². The minimum atomic E-state index is -0.0871. The predicted molar refractivity (Wildman–Crippen MR) is 81.8 cm³/mol. The van der Waals surface area contributed by atoms with Crippen LogP contribution < -0.4 is 9.47 Å². The van der Waals surface area contributed by atoms with E-state index >= 15 is 0 Å². The van der Waals surface area contributed by atoms with Crippen LogP contribution in [0.4, 0.5) is 0 Å². The molecule has 0 amide bonds. The minimum absolute atomic E-state index is 0.0871. The molecule has 4 nitrogen and oxygen atoms in total. The summed E-state index contributed by atoms with van der Waals surface area (Å²) in [7, 11) is 1.59. The van der Waals surface area contributed by atoms with Gasteiger partial charge in [0.05, 0.1) is 13.7 Å². The van der Waals surface area contributed by atoms with E-state index in [9.17, 15) is 4.79 Å². The molecule has 4 heteroatoms. The second kappa shape index (κ2) is 7.24. The van der Waals surface area contributed by atoms with Crippen molar-refractivity contribution >= 4 is 11.9 Å². The quantitative estimate of drug-likeness (QED) is 0.602. The van der Waals surface area contributed by atoms with E-state index in [1.165, 1.54) is 6.08 Å². The zero-order valence-corrected chi connectivity index (χ0v) is 12.1. The molecule has 0 saturated carbocycles. The molecule has 0 aliphatic carbocycles. The van der Waals surface area contributed by atoms with Crippen LogP contribution >= 0.6 is 0 Å². The Morgan fingerprint density at radius 1 is 1.29 bits per heavy atom. The highest BCUT2D eigenvalue weighted by Gasteiger charge is 2.05. The largest absolute Gasteiger partial charge is 0.493 e. The number of carbonyl (C=O) groups is 1. The van der Waals surface area contributed by atoms with E-state index in [1.807, 2.05) is 25.1 Å². The molecule has 21 heavy (non-hydrogen) atoms. The zero-order chi connectivity index (χ0) is 15.1. The zero-order valence-electron chi connectivity index (χ0n) is 12.1. The Labute approximate surface area is 124 Å². The third-order valence-corrected chi connectivity index (χ3v) is 2.86. The molecule has 2 rings (SSSR count). The average molecular weight is 283 g/mol. The Morgan fingerprint density at radius 2 is 2.14 bits per heavy atom. The molecular formula is C17H17NO3. The number of rotatable bonds is 6. The van der Waals surface area contributed by atoms with Crippen LogP contribution in [0.1, 0.15) is 22.8 Å². The molecule has 0 atom stereocenters. The summed E-state index contributed by atoms with van der Waals surface area (Å²) in [5.41, 5.74) is 1.43. The summed E-state index contributed by atoms with van der Waals surface area (Å²) in [5, 5.41) is 0. The second-order valence-corrected chi connectivity index (χ2v) is 4.28. The molecule has 0 spiro atoms. The summed E-state index contributed by atoms with van der Waals surface area (Å²) in [4.78, 5) is 15.9. The number of carbonyl (C=O) groups excluding carboxylic acids is 1. The maximum atomic E-state index is 12.0. The molecule has 0 unspecified atom stereocenters. The summed E-state index contributed by atoms with van der Waals surface area (Å²) < 4.78 is 10.7. The number of nitrogens with zero attached hydrogens (tertiary/aromatic N) is 1. The molecule has 108 valence electrons. The highest BCUT2D eigenvalue weighted by Crippen LogP contribution is 2.28. The number of hydrogen-bond acceptors (Lipinski definition) is 4. The number of ketones is 1. The van der Waals surface area contributed by atoms with E-state index in [-0.39, 0.29) is 5.78 Å². The fourth-order valence-electron chi connectivity index (χ4n) is 1.84. The van der Waals surface area contributed by atoms with Crippen molar-refractivity contribution in [3.63, 3.8) is 0 Å². The van der Waals surface area contributed by atoms with Crippen LogP contribution in [0.3, 0.4) is 0 Å². The lowest BCUT2D eigenvalue weighted by atomic mass is 10.1. The molecule has 0 saturated heterocycles. The van der Waals surface area contributed by atoms with Crippen molar-refractivity contribution in [1.29, 1.82) is 0 Å². The molecule has 1 aromatic carbocycles. The molecular weight excluding hydrogens is 266 g/mol. The molecule has 0 aliphatic rings. The second-order valence-electron chi connectivity index (χ2n) is 4.28. The lowest BCUT2D eigenvalue weighted by Gasteiger charge is -2.09. The molecule has 0 bridgehead atoms. The summed E-state index contributed by atoms with van der Waals surface area (Å²) in [6, 6.07) is 9.01. The lowest BCUT2D eigenvalue weighted by Crippen LogP contribution is -1.96. The molecule has 0 radical (unpaired) electrons. The number of benzene rings is 1. The Bertz CT molecular complexity index is 636. The Kier molecular flexibility index (Phi) is 5.10. The van der Waals surface area contributed by atoms with E-state index in [1.54, 1.807) is 37.7 Å². The van der Waals surface area contributed by atoms with Crippen molar-refractivity contribution in [3.8, 4) is 11.5 Å². The lowest BCUT2D eigenvalue weighted by molar-refractivity contribution is 0.104. The van der Waals surface area contributed by atoms with Crippen LogP contribution in [0, 0.1) is 0 Å². The first-order chi connectivity index (χ1) is 10.2. The molecule has 1 heterocycles. The van der Waals surface area contributed by atoms with Crippen LogP contribution in [-0.2, 0) is 0 Å². The molecule has 1 aromatic heterocycles. The number of allylic oxidation sites excluding steroid dienone is 1.